The number of para-hydroxylation sites is 1. The number of hydrogen-bond donors (Lipinski definition) is 1. The lowest BCUT2D eigenvalue weighted by atomic mass is 10.1. The van der Waals surface area contributed by atoms with Gasteiger partial charge in [-0.1, -0.05) is 78.9 Å². The van der Waals surface area contributed by atoms with Crippen LogP contribution >= 0.6 is 8.25 Å². The number of hydrogen-bond acceptors (Lipinski definition) is 2. The molecule has 0 saturated carbocycles. The Morgan fingerprint density at radius 1 is 0.636 bits per heavy atom. The molecule has 0 aliphatic rings. The molecule has 3 nitrogen and oxygen atoms in total. The highest BCUT2D eigenvalue weighted by Crippen LogP contribution is 2.21. The van der Waals surface area contributed by atoms with Crippen LogP contribution in [-0.2, 0) is 4.57 Å². The molecule has 0 aliphatic carbocycles. The van der Waals surface area contributed by atoms with Crippen LogP contribution in [0.1, 0.15) is 0 Å². The quantitative estimate of drug-likeness (QED) is 0.707. The van der Waals surface area contributed by atoms with Crippen molar-refractivity contribution in [1.29, 1.82) is 0 Å². The van der Waals surface area contributed by atoms with Crippen LogP contribution in [0.2, 0.25) is 0 Å². The first-order valence-corrected chi connectivity index (χ1v) is 8.08. The summed E-state index contributed by atoms with van der Waals surface area (Å²) in [6, 6.07) is 29.3. The van der Waals surface area contributed by atoms with Crippen molar-refractivity contribution in [2.45, 2.75) is 0 Å². The monoisotopic (exact) mass is 312 g/mol. The fourth-order valence-corrected chi connectivity index (χ4v) is 2.19. The third-order valence-corrected chi connectivity index (χ3v) is 3.24. The molecule has 3 aromatic rings. The Morgan fingerprint density at radius 2 is 1.00 bits per heavy atom. The third kappa shape index (κ3) is 5.57. The largest absolute Gasteiger partial charge is 0.426 e. The summed E-state index contributed by atoms with van der Waals surface area (Å²) in [5.74, 6) is 0.425. The minimum atomic E-state index is -2.84. The summed E-state index contributed by atoms with van der Waals surface area (Å²) in [6.07, 6.45) is 0. The van der Waals surface area contributed by atoms with E-state index in [1.54, 1.807) is 30.3 Å². The van der Waals surface area contributed by atoms with Crippen molar-refractivity contribution < 1.29 is 14.0 Å². The van der Waals surface area contributed by atoms with E-state index in [4.69, 9.17) is 4.89 Å². The fraction of sp³-hybridized carbons (Fsp3) is 0. The second-order valence-electron chi connectivity index (χ2n) is 4.41. The van der Waals surface area contributed by atoms with Gasteiger partial charge in [0.05, 0.1) is 0 Å². The van der Waals surface area contributed by atoms with Gasteiger partial charge in [0.1, 0.15) is 5.75 Å². The molecule has 0 heterocycles. The Kier molecular flexibility index (Phi) is 6.43. The topological polar surface area (TPSA) is 46.5 Å². The van der Waals surface area contributed by atoms with Gasteiger partial charge in [0.2, 0.25) is 0 Å². The molecule has 4 heteroatoms. The average Bonchev–Trinajstić information content (AvgIpc) is 2.57. The Labute approximate surface area is 130 Å². The molecule has 0 spiro atoms. The molecule has 22 heavy (non-hydrogen) atoms. The molecule has 112 valence electrons. The highest BCUT2D eigenvalue weighted by molar-refractivity contribution is 7.32. The van der Waals surface area contributed by atoms with Crippen molar-refractivity contribution in [1.82, 2.24) is 0 Å². The summed E-state index contributed by atoms with van der Waals surface area (Å²) in [4.78, 5) is 8.33. The summed E-state index contributed by atoms with van der Waals surface area (Å²) in [7, 11) is -2.84. The van der Waals surface area contributed by atoms with Crippen molar-refractivity contribution in [3.8, 4) is 16.9 Å². The van der Waals surface area contributed by atoms with Gasteiger partial charge in [0.15, 0.2) is 0 Å². The lowest BCUT2D eigenvalue weighted by molar-refractivity contribution is 0.410. The van der Waals surface area contributed by atoms with Gasteiger partial charge >= 0.3 is 8.25 Å². The van der Waals surface area contributed by atoms with Crippen LogP contribution in [0, 0.1) is 0 Å². The van der Waals surface area contributed by atoms with E-state index in [2.05, 4.69) is 53.1 Å². The second kappa shape index (κ2) is 8.83. The van der Waals surface area contributed by atoms with E-state index in [0.29, 0.717) is 5.75 Å². The smallest absolute Gasteiger partial charge is 0.365 e. The third-order valence-electron chi connectivity index (χ3n) is 2.83. The van der Waals surface area contributed by atoms with Crippen LogP contribution in [0.15, 0.2) is 91.0 Å². The average molecular weight is 312 g/mol. The maximum atomic E-state index is 10.1. The lowest BCUT2D eigenvalue weighted by Gasteiger charge is -1.98. The van der Waals surface area contributed by atoms with Crippen LogP contribution in [0.4, 0.5) is 0 Å². The standard InChI is InChI=1S/C12H10.C6H7O3P/c1-3-7-11(8-4-1)12-9-5-2-6-10-12;7-10(8)9-6-4-2-1-3-5-6/h1-10H;1-5,10H,(H,7,8). The van der Waals surface area contributed by atoms with Gasteiger partial charge in [0.25, 0.3) is 0 Å². The Morgan fingerprint density at radius 3 is 1.36 bits per heavy atom. The zero-order valence-corrected chi connectivity index (χ0v) is 12.9. The summed E-state index contributed by atoms with van der Waals surface area (Å²) >= 11 is 0. The minimum Gasteiger partial charge on any atom is -0.426 e. The zero-order chi connectivity index (χ0) is 15.6. The van der Waals surface area contributed by atoms with E-state index in [0.717, 1.165) is 0 Å². The molecule has 3 rings (SSSR count). The molecule has 3 aromatic carbocycles. The van der Waals surface area contributed by atoms with Gasteiger partial charge in [-0.25, -0.2) is 4.57 Å². The molecule has 0 saturated heterocycles. The maximum absolute atomic E-state index is 10.1. The van der Waals surface area contributed by atoms with Crippen LogP contribution in [0.25, 0.3) is 11.1 Å². The van der Waals surface area contributed by atoms with Gasteiger partial charge in [-0.05, 0) is 23.3 Å². The van der Waals surface area contributed by atoms with Crippen LogP contribution in [0.3, 0.4) is 0 Å². The highest BCUT2D eigenvalue weighted by Gasteiger charge is 1.92. The van der Waals surface area contributed by atoms with Crippen molar-refractivity contribution in [3.05, 3.63) is 91.0 Å². The second-order valence-corrected chi connectivity index (χ2v) is 5.15. The highest BCUT2D eigenvalue weighted by atomic mass is 31.1. The predicted molar refractivity (Wildman–Crippen MR) is 90.2 cm³/mol. The Hall–Kier alpha value is -2.35. The van der Waals surface area contributed by atoms with E-state index < -0.39 is 8.25 Å². The van der Waals surface area contributed by atoms with Gasteiger partial charge < -0.3 is 9.42 Å². The first-order chi connectivity index (χ1) is 10.8. The van der Waals surface area contributed by atoms with Crippen molar-refractivity contribution in [2.75, 3.05) is 0 Å². The van der Waals surface area contributed by atoms with Gasteiger partial charge in [-0.15, -0.1) is 0 Å². The zero-order valence-electron chi connectivity index (χ0n) is 11.9. The molecular weight excluding hydrogens is 295 g/mol. The summed E-state index contributed by atoms with van der Waals surface area (Å²) in [5.41, 5.74) is 2.55. The molecule has 0 amide bonds. The normalized spacial score (nSPS) is 11.0. The molecule has 1 unspecified atom stereocenters. The van der Waals surface area contributed by atoms with Crippen molar-refractivity contribution in [3.63, 3.8) is 0 Å². The van der Waals surface area contributed by atoms with E-state index in [9.17, 15) is 4.57 Å². The fourth-order valence-electron chi connectivity index (χ4n) is 1.85. The molecule has 0 radical (unpaired) electrons. The van der Waals surface area contributed by atoms with Gasteiger partial charge in [0, 0.05) is 0 Å². The minimum absolute atomic E-state index is 0.425. The Balaban J connectivity index is 0.000000164. The molecule has 1 atom stereocenters. The van der Waals surface area contributed by atoms with E-state index in [-0.39, 0.29) is 0 Å². The molecule has 0 fully saturated rings. The van der Waals surface area contributed by atoms with Crippen LogP contribution < -0.4 is 4.52 Å². The van der Waals surface area contributed by atoms with Gasteiger partial charge in [-0.3, -0.25) is 0 Å². The summed E-state index contributed by atoms with van der Waals surface area (Å²) < 4.78 is 14.6. The maximum Gasteiger partial charge on any atom is 0.365 e. The molecular formula is C18H17O3P. The molecule has 0 aromatic heterocycles. The SMILES string of the molecule is O=[PH](O)Oc1ccccc1.c1ccc(-c2ccccc2)cc1. The predicted octanol–water partition coefficient (Wildman–Crippen LogP) is 4.80. The van der Waals surface area contributed by atoms with E-state index >= 15 is 0 Å². The first kappa shape index (κ1) is 16.0. The van der Waals surface area contributed by atoms with Crippen LogP contribution in [0.5, 0.6) is 5.75 Å². The molecule has 1 N–H and O–H groups in total. The molecule has 0 aliphatic heterocycles. The Bertz CT molecular complexity index is 648. The van der Waals surface area contributed by atoms with Gasteiger partial charge in [-0.2, -0.15) is 0 Å². The van der Waals surface area contributed by atoms with Crippen molar-refractivity contribution in [2.24, 2.45) is 0 Å². The number of rotatable bonds is 3. The number of benzene rings is 3. The molecule has 0 bridgehead atoms. The van der Waals surface area contributed by atoms with Crippen LogP contribution in [-0.4, -0.2) is 4.89 Å². The van der Waals surface area contributed by atoms with E-state index in [1.807, 2.05) is 12.1 Å². The van der Waals surface area contributed by atoms with E-state index in [1.165, 1.54) is 11.1 Å². The lowest BCUT2D eigenvalue weighted by Crippen LogP contribution is -1.77. The summed E-state index contributed by atoms with van der Waals surface area (Å²) in [6.45, 7) is 0. The van der Waals surface area contributed by atoms with Crippen molar-refractivity contribution >= 4 is 8.25 Å². The summed E-state index contributed by atoms with van der Waals surface area (Å²) in [5, 5.41) is 0. The first-order valence-electron chi connectivity index (χ1n) is 6.82.